The average Bonchev–Trinajstić information content (AvgIpc) is 3.43. The number of halogens is 1. The highest BCUT2D eigenvalue weighted by Gasteiger charge is 2.48. The largest absolute Gasteiger partial charge is 0.447 e. The molecule has 1 aromatic heterocycles. The molecule has 0 spiro atoms. The molecule has 0 aliphatic carbocycles. The molecule has 0 unspecified atom stereocenters. The van der Waals surface area contributed by atoms with E-state index in [4.69, 9.17) is 34.7 Å². The van der Waals surface area contributed by atoms with Crippen LogP contribution in [0.15, 0.2) is 53.2 Å². The maximum atomic E-state index is 7.31. The summed E-state index contributed by atoms with van der Waals surface area (Å²) in [4.78, 5) is 4.63. The molecule has 2 aliphatic rings. The van der Waals surface area contributed by atoms with Crippen molar-refractivity contribution in [2.75, 3.05) is 6.61 Å². The molecule has 2 saturated heterocycles. The molecule has 2 aromatic rings. The third-order valence-electron chi connectivity index (χ3n) is 9.09. The van der Waals surface area contributed by atoms with Gasteiger partial charge >= 0.3 is 0 Å². The normalized spacial score (nSPS) is 25.6. The van der Waals surface area contributed by atoms with Crippen LogP contribution in [-0.4, -0.2) is 44.3 Å². The van der Waals surface area contributed by atoms with Crippen LogP contribution in [0.1, 0.15) is 103 Å². The van der Waals surface area contributed by atoms with Crippen molar-refractivity contribution in [1.82, 2.24) is 4.98 Å². The fourth-order valence-corrected chi connectivity index (χ4v) is 13.0. The summed E-state index contributed by atoms with van der Waals surface area (Å²) in [5, 5.41) is 0. The zero-order valence-corrected chi connectivity index (χ0v) is 28.3. The molecule has 5 atom stereocenters. The van der Waals surface area contributed by atoms with Crippen LogP contribution in [0.4, 0.5) is 0 Å². The van der Waals surface area contributed by atoms with Gasteiger partial charge in [-0.15, -0.1) is 11.6 Å². The van der Waals surface area contributed by atoms with Gasteiger partial charge in [0.1, 0.15) is 18.1 Å². The molecule has 0 bridgehead atoms. The lowest BCUT2D eigenvalue weighted by Crippen LogP contribution is -2.52. The predicted molar refractivity (Wildman–Crippen MR) is 171 cm³/mol. The number of nitrogens with zero attached hydrogens (tertiary/aromatic N) is 1. The Bertz CT molecular complexity index is 1080. The quantitative estimate of drug-likeness (QED) is 0.0911. The zero-order valence-electron chi connectivity index (χ0n) is 26.5. The summed E-state index contributed by atoms with van der Waals surface area (Å²) in [7, 11) is -2.07. The van der Waals surface area contributed by atoms with E-state index in [-0.39, 0.29) is 36.4 Å². The Hall–Kier alpha value is -1.48. The molecule has 6 nitrogen and oxygen atoms in total. The van der Waals surface area contributed by atoms with E-state index >= 15 is 0 Å². The molecule has 8 heteroatoms. The van der Waals surface area contributed by atoms with Crippen LogP contribution in [0.5, 0.6) is 0 Å². The van der Waals surface area contributed by atoms with Gasteiger partial charge in [0.2, 0.25) is 14.2 Å². The van der Waals surface area contributed by atoms with E-state index < -0.39 is 8.32 Å². The molecule has 0 N–H and O–H groups in total. The summed E-state index contributed by atoms with van der Waals surface area (Å²) in [6, 6.07) is 10.3. The lowest BCUT2D eigenvalue weighted by molar-refractivity contribution is -0.127. The van der Waals surface area contributed by atoms with Crippen LogP contribution in [0.25, 0.3) is 0 Å². The van der Waals surface area contributed by atoms with E-state index in [0.29, 0.717) is 35.7 Å². The number of hydrogen-bond donors (Lipinski definition) is 0. The number of oxazole rings is 1. The van der Waals surface area contributed by atoms with Crippen molar-refractivity contribution in [1.29, 1.82) is 0 Å². The SMILES string of the molecule is C=C1C[C@H](C[C@@H]2C[C@H](O[Si](C(C)C)(C(C)C)C(C)C)C[C@H](c3coc(CCl)n3)O2)O[C@@H](CCOCc2ccccc2)C1. The van der Waals surface area contributed by atoms with E-state index in [2.05, 4.69) is 65.2 Å². The van der Waals surface area contributed by atoms with Crippen LogP contribution >= 0.6 is 11.6 Å². The number of benzene rings is 1. The Morgan fingerprint density at radius 1 is 0.952 bits per heavy atom. The standard InChI is InChI=1S/C34H52ClNO5Si/c1-23(2)42(24(3)4,25(5)6)41-31-18-30(40-33(19-31)32-22-38-34(20-35)36-32)17-29-16-26(7)15-28(39-29)13-14-37-21-27-11-9-8-10-12-27/h8-12,22-25,28-31,33H,7,13-21H2,1-6H3/t28-,29+,30+,31-,33+/m0/s1. The van der Waals surface area contributed by atoms with Gasteiger partial charge in [-0.25, -0.2) is 4.98 Å². The van der Waals surface area contributed by atoms with Gasteiger partial charge in [-0.05, 0) is 47.9 Å². The van der Waals surface area contributed by atoms with Crippen LogP contribution in [-0.2, 0) is 31.1 Å². The van der Waals surface area contributed by atoms with Gasteiger partial charge in [0.15, 0.2) is 0 Å². The summed E-state index contributed by atoms with van der Waals surface area (Å²) < 4.78 is 32.2. The average molecular weight is 618 g/mol. The van der Waals surface area contributed by atoms with Gasteiger partial charge in [-0.2, -0.15) is 0 Å². The smallest absolute Gasteiger partial charge is 0.209 e. The first-order valence-electron chi connectivity index (χ1n) is 15.9. The number of alkyl halides is 1. The Morgan fingerprint density at radius 3 is 2.29 bits per heavy atom. The van der Waals surface area contributed by atoms with Gasteiger partial charge in [0, 0.05) is 19.4 Å². The summed E-state index contributed by atoms with van der Waals surface area (Å²) in [5.41, 5.74) is 4.78. The van der Waals surface area contributed by atoms with Gasteiger partial charge in [-0.3, -0.25) is 0 Å². The number of aromatic nitrogens is 1. The highest BCUT2D eigenvalue weighted by molar-refractivity contribution is 6.77. The number of rotatable bonds is 14. The number of ether oxygens (including phenoxy) is 3. The van der Waals surface area contributed by atoms with Gasteiger partial charge in [0.05, 0.1) is 36.9 Å². The van der Waals surface area contributed by atoms with Crippen molar-refractivity contribution in [3.05, 3.63) is 65.9 Å². The molecule has 1 aromatic carbocycles. The van der Waals surface area contributed by atoms with Gasteiger partial charge < -0.3 is 23.1 Å². The Morgan fingerprint density at radius 2 is 1.64 bits per heavy atom. The topological polar surface area (TPSA) is 63.0 Å². The monoisotopic (exact) mass is 617 g/mol. The molecule has 42 heavy (non-hydrogen) atoms. The molecule has 2 fully saturated rings. The molecule has 0 radical (unpaired) electrons. The molecule has 2 aliphatic heterocycles. The Kier molecular flexibility index (Phi) is 12.3. The van der Waals surface area contributed by atoms with Crippen LogP contribution in [0.3, 0.4) is 0 Å². The minimum atomic E-state index is -2.07. The van der Waals surface area contributed by atoms with Crippen molar-refractivity contribution in [2.24, 2.45) is 0 Å². The molecule has 0 amide bonds. The van der Waals surface area contributed by atoms with E-state index in [1.54, 1.807) is 6.26 Å². The zero-order chi connectivity index (χ0) is 30.3. The van der Waals surface area contributed by atoms with Gasteiger partial charge in [-0.1, -0.05) is 84.0 Å². The van der Waals surface area contributed by atoms with Crippen molar-refractivity contribution in [2.45, 2.75) is 140 Å². The molecule has 0 saturated carbocycles. The molecular weight excluding hydrogens is 566 g/mol. The second kappa shape index (κ2) is 15.5. The van der Waals surface area contributed by atoms with E-state index in [1.807, 2.05) is 18.2 Å². The Labute approximate surface area is 259 Å². The first-order valence-corrected chi connectivity index (χ1v) is 18.5. The van der Waals surface area contributed by atoms with E-state index in [1.165, 1.54) is 11.1 Å². The van der Waals surface area contributed by atoms with Crippen molar-refractivity contribution in [3.63, 3.8) is 0 Å². The molecule has 3 heterocycles. The first-order chi connectivity index (χ1) is 20.1. The number of hydrogen-bond acceptors (Lipinski definition) is 6. The maximum Gasteiger partial charge on any atom is 0.209 e. The van der Waals surface area contributed by atoms with Crippen molar-refractivity contribution >= 4 is 19.9 Å². The second-order valence-electron chi connectivity index (χ2n) is 13.2. The Balaban J connectivity index is 1.42. The first kappa shape index (κ1) is 33.4. The molecule has 234 valence electrons. The molecular formula is C34H52ClNO5Si. The third kappa shape index (κ3) is 8.57. The fraction of sp³-hybridized carbons (Fsp3) is 0.676. The second-order valence-corrected chi connectivity index (χ2v) is 18.9. The van der Waals surface area contributed by atoms with Crippen LogP contribution in [0.2, 0.25) is 16.6 Å². The van der Waals surface area contributed by atoms with Crippen LogP contribution in [0, 0.1) is 0 Å². The summed E-state index contributed by atoms with van der Waals surface area (Å²) in [6.45, 7) is 19.7. The third-order valence-corrected chi connectivity index (χ3v) is 15.5. The summed E-state index contributed by atoms with van der Waals surface area (Å²) >= 11 is 6.01. The van der Waals surface area contributed by atoms with Crippen molar-refractivity contribution < 1.29 is 23.1 Å². The molecule has 4 rings (SSSR count). The van der Waals surface area contributed by atoms with E-state index in [9.17, 15) is 0 Å². The van der Waals surface area contributed by atoms with Gasteiger partial charge in [0.25, 0.3) is 0 Å². The van der Waals surface area contributed by atoms with Crippen molar-refractivity contribution in [3.8, 4) is 0 Å². The lowest BCUT2D eigenvalue weighted by atomic mass is 9.91. The minimum Gasteiger partial charge on any atom is -0.447 e. The lowest BCUT2D eigenvalue weighted by Gasteiger charge is -2.47. The highest BCUT2D eigenvalue weighted by atomic mass is 35.5. The predicted octanol–water partition coefficient (Wildman–Crippen LogP) is 9.30. The fourth-order valence-electron chi connectivity index (χ4n) is 7.32. The minimum absolute atomic E-state index is 0.00558. The summed E-state index contributed by atoms with van der Waals surface area (Å²) in [6.07, 6.45) is 6.80. The van der Waals surface area contributed by atoms with E-state index in [0.717, 1.165) is 44.2 Å². The van der Waals surface area contributed by atoms with Crippen LogP contribution < -0.4 is 0 Å². The maximum absolute atomic E-state index is 7.31. The summed E-state index contributed by atoms with van der Waals surface area (Å²) in [5.74, 6) is 0.767. The highest BCUT2D eigenvalue weighted by Crippen LogP contribution is 2.46.